The Labute approximate surface area is 109 Å². The third kappa shape index (κ3) is 4.99. The Hall–Kier alpha value is -1.84. The molecule has 0 aliphatic carbocycles. The van der Waals surface area contributed by atoms with Crippen molar-refractivity contribution in [3.63, 3.8) is 0 Å². The van der Waals surface area contributed by atoms with Gasteiger partial charge in [-0.1, -0.05) is 32.1 Å². The van der Waals surface area contributed by atoms with Crippen molar-refractivity contribution in [1.82, 2.24) is 10.2 Å². The van der Waals surface area contributed by atoms with E-state index in [9.17, 15) is 9.59 Å². The summed E-state index contributed by atoms with van der Waals surface area (Å²) in [5.74, 6) is -0.230. The van der Waals surface area contributed by atoms with Crippen LogP contribution < -0.4 is 5.32 Å². The summed E-state index contributed by atoms with van der Waals surface area (Å²) in [6.07, 6.45) is 5.65. The van der Waals surface area contributed by atoms with Gasteiger partial charge in [-0.3, -0.25) is 15.0 Å². The zero-order chi connectivity index (χ0) is 14.1. The Bertz CT molecular complexity index is 377. The topological polar surface area (TPSA) is 49.4 Å². The average molecular weight is 250 g/mol. The largest absolute Gasteiger partial charge is 0.328 e. The summed E-state index contributed by atoms with van der Waals surface area (Å²) >= 11 is 0. The SMILES string of the molecule is C=C/C(=C\C=C(C)C)N1CCC(=O)NC1=O.CC. The van der Waals surface area contributed by atoms with Gasteiger partial charge < -0.3 is 0 Å². The van der Waals surface area contributed by atoms with E-state index in [1.54, 1.807) is 6.08 Å². The van der Waals surface area contributed by atoms with Crippen LogP contribution in [0.15, 0.2) is 36.1 Å². The molecule has 1 aliphatic heterocycles. The fourth-order valence-corrected chi connectivity index (χ4v) is 1.33. The van der Waals surface area contributed by atoms with Gasteiger partial charge in [-0.05, 0) is 26.0 Å². The van der Waals surface area contributed by atoms with Gasteiger partial charge in [-0.25, -0.2) is 4.79 Å². The van der Waals surface area contributed by atoms with E-state index in [4.69, 9.17) is 0 Å². The first-order valence-electron chi connectivity index (χ1n) is 6.13. The van der Waals surface area contributed by atoms with E-state index in [1.165, 1.54) is 4.90 Å². The number of urea groups is 1. The molecule has 18 heavy (non-hydrogen) atoms. The highest BCUT2D eigenvalue weighted by Gasteiger charge is 2.24. The number of carbonyl (C=O) groups excluding carboxylic acids is 2. The van der Waals surface area contributed by atoms with E-state index in [-0.39, 0.29) is 11.9 Å². The van der Waals surface area contributed by atoms with E-state index >= 15 is 0 Å². The molecule has 100 valence electrons. The van der Waals surface area contributed by atoms with Gasteiger partial charge in [0.05, 0.1) is 0 Å². The second kappa shape index (κ2) is 8.28. The van der Waals surface area contributed by atoms with Crippen molar-refractivity contribution in [2.24, 2.45) is 0 Å². The van der Waals surface area contributed by atoms with Crippen molar-refractivity contribution in [3.8, 4) is 0 Å². The predicted octanol–water partition coefficient (Wildman–Crippen LogP) is 2.99. The van der Waals surface area contributed by atoms with E-state index in [0.717, 1.165) is 5.57 Å². The number of rotatable bonds is 3. The van der Waals surface area contributed by atoms with Crippen molar-refractivity contribution in [2.75, 3.05) is 6.54 Å². The number of imide groups is 1. The molecular formula is C14H22N2O2. The van der Waals surface area contributed by atoms with Gasteiger partial charge in [0, 0.05) is 18.7 Å². The maximum absolute atomic E-state index is 11.5. The number of nitrogens with zero attached hydrogens (tertiary/aromatic N) is 1. The van der Waals surface area contributed by atoms with Gasteiger partial charge in [-0.2, -0.15) is 0 Å². The molecule has 1 rings (SSSR count). The van der Waals surface area contributed by atoms with Gasteiger partial charge in [-0.15, -0.1) is 0 Å². The van der Waals surface area contributed by atoms with Gasteiger partial charge in [0.25, 0.3) is 0 Å². The molecular weight excluding hydrogens is 228 g/mol. The lowest BCUT2D eigenvalue weighted by atomic mass is 10.2. The molecule has 1 fully saturated rings. The number of hydrogen-bond donors (Lipinski definition) is 1. The van der Waals surface area contributed by atoms with Gasteiger partial charge in [0.2, 0.25) is 5.91 Å². The molecule has 4 nitrogen and oxygen atoms in total. The van der Waals surface area contributed by atoms with Crippen molar-refractivity contribution in [1.29, 1.82) is 0 Å². The van der Waals surface area contributed by atoms with Crippen LogP contribution in [0.25, 0.3) is 0 Å². The standard InChI is InChI=1S/C12H16N2O2.C2H6/c1-4-10(6-5-9(2)3)14-8-7-11(15)13-12(14)16;1-2/h4-6H,1,7-8H2,2-3H3,(H,13,15,16);1-2H3/b10-6+;. The summed E-state index contributed by atoms with van der Waals surface area (Å²) in [7, 11) is 0. The van der Waals surface area contributed by atoms with Crippen LogP contribution in [-0.4, -0.2) is 23.4 Å². The van der Waals surface area contributed by atoms with Crippen LogP contribution in [0.3, 0.4) is 0 Å². The lowest BCUT2D eigenvalue weighted by Crippen LogP contribution is -2.48. The van der Waals surface area contributed by atoms with Crippen LogP contribution in [0.4, 0.5) is 4.79 Å². The highest BCUT2D eigenvalue weighted by molar-refractivity contribution is 5.97. The molecule has 0 atom stereocenters. The minimum atomic E-state index is -0.385. The number of carbonyl (C=O) groups is 2. The third-order valence-electron chi connectivity index (χ3n) is 2.16. The Balaban J connectivity index is 0.00000137. The van der Waals surface area contributed by atoms with Gasteiger partial charge in [0.1, 0.15) is 0 Å². The predicted molar refractivity (Wildman–Crippen MR) is 73.9 cm³/mol. The smallest absolute Gasteiger partial charge is 0.294 e. The van der Waals surface area contributed by atoms with E-state index < -0.39 is 0 Å². The minimum Gasteiger partial charge on any atom is -0.294 e. The van der Waals surface area contributed by atoms with Crippen molar-refractivity contribution in [3.05, 3.63) is 36.1 Å². The molecule has 1 heterocycles. The fraction of sp³-hybridized carbons (Fsp3) is 0.429. The van der Waals surface area contributed by atoms with Crippen LogP contribution in [0, 0.1) is 0 Å². The Morgan fingerprint density at radius 2 is 1.89 bits per heavy atom. The summed E-state index contributed by atoms with van der Waals surface area (Å²) in [4.78, 5) is 24.0. The maximum Gasteiger partial charge on any atom is 0.328 e. The molecule has 1 N–H and O–H groups in total. The first-order valence-corrected chi connectivity index (χ1v) is 6.13. The van der Waals surface area contributed by atoms with Crippen molar-refractivity contribution in [2.45, 2.75) is 34.1 Å². The zero-order valence-corrected chi connectivity index (χ0v) is 11.6. The van der Waals surface area contributed by atoms with Crippen molar-refractivity contribution < 1.29 is 9.59 Å². The number of allylic oxidation sites excluding steroid dienone is 4. The summed E-state index contributed by atoms with van der Waals surface area (Å²) in [5, 5.41) is 2.27. The summed E-state index contributed by atoms with van der Waals surface area (Å²) in [6, 6.07) is -0.385. The maximum atomic E-state index is 11.5. The molecule has 0 aromatic heterocycles. The van der Waals surface area contributed by atoms with E-state index in [2.05, 4.69) is 11.9 Å². The highest BCUT2D eigenvalue weighted by atomic mass is 16.2. The van der Waals surface area contributed by atoms with Gasteiger partial charge >= 0.3 is 6.03 Å². The summed E-state index contributed by atoms with van der Waals surface area (Å²) in [5.41, 5.74) is 1.83. The molecule has 0 aromatic rings. The third-order valence-corrected chi connectivity index (χ3v) is 2.16. The normalized spacial score (nSPS) is 15.3. The second-order valence-electron chi connectivity index (χ2n) is 3.79. The molecule has 4 heteroatoms. The first kappa shape index (κ1) is 16.2. The lowest BCUT2D eigenvalue weighted by molar-refractivity contribution is -0.121. The van der Waals surface area contributed by atoms with E-state index in [0.29, 0.717) is 18.7 Å². The molecule has 1 aliphatic rings. The van der Waals surface area contributed by atoms with Crippen LogP contribution in [0.2, 0.25) is 0 Å². The molecule has 0 bridgehead atoms. The van der Waals surface area contributed by atoms with Crippen LogP contribution in [0.5, 0.6) is 0 Å². The quantitative estimate of drug-likeness (QED) is 0.783. The van der Waals surface area contributed by atoms with Crippen LogP contribution in [-0.2, 0) is 4.79 Å². The first-order chi connectivity index (χ1) is 8.54. The molecule has 0 unspecified atom stereocenters. The lowest BCUT2D eigenvalue weighted by Gasteiger charge is -2.27. The second-order valence-corrected chi connectivity index (χ2v) is 3.79. The fourth-order valence-electron chi connectivity index (χ4n) is 1.33. The molecule has 3 amide bonds. The van der Waals surface area contributed by atoms with Crippen LogP contribution in [0.1, 0.15) is 34.1 Å². The minimum absolute atomic E-state index is 0.230. The Kier molecular flexibility index (Phi) is 7.43. The monoisotopic (exact) mass is 250 g/mol. The molecule has 0 aromatic carbocycles. The average Bonchev–Trinajstić information content (AvgIpc) is 2.34. The van der Waals surface area contributed by atoms with Crippen LogP contribution >= 0.6 is 0 Å². The van der Waals surface area contributed by atoms with Crippen molar-refractivity contribution >= 4 is 11.9 Å². The Morgan fingerprint density at radius 1 is 1.28 bits per heavy atom. The zero-order valence-electron chi connectivity index (χ0n) is 11.6. The molecule has 1 saturated heterocycles. The highest BCUT2D eigenvalue weighted by Crippen LogP contribution is 2.11. The number of amides is 3. The molecule has 0 saturated carbocycles. The van der Waals surface area contributed by atoms with Gasteiger partial charge in [0.15, 0.2) is 0 Å². The Morgan fingerprint density at radius 3 is 2.33 bits per heavy atom. The van der Waals surface area contributed by atoms with E-state index in [1.807, 2.05) is 39.8 Å². The molecule has 0 radical (unpaired) electrons. The summed E-state index contributed by atoms with van der Waals surface area (Å²) in [6.45, 7) is 12.0. The number of hydrogen-bond acceptors (Lipinski definition) is 2. The number of nitrogens with one attached hydrogen (secondary N) is 1. The summed E-state index contributed by atoms with van der Waals surface area (Å²) < 4.78 is 0. The molecule has 0 spiro atoms.